The van der Waals surface area contributed by atoms with Crippen molar-refractivity contribution in [2.24, 2.45) is 0 Å². The third kappa shape index (κ3) is 4.62. The Morgan fingerprint density at radius 1 is 0.688 bits per heavy atom. The number of rotatable bonds is 3. The maximum Gasteiger partial charge on any atom is 0.123 e. The zero-order valence-electron chi connectivity index (χ0n) is 20.7. The van der Waals surface area contributed by atoms with Gasteiger partial charge in [-0.1, -0.05) is 89.1 Å². The molecule has 0 aliphatic carbocycles. The quantitative estimate of drug-likeness (QED) is 0.307. The molecule has 0 saturated heterocycles. The Morgan fingerprint density at radius 2 is 1.12 bits per heavy atom. The molecule has 0 aromatic heterocycles. The summed E-state index contributed by atoms with van der Waals surface area (Å²) in [5, 5.41) is 23.0. The molecule has 0 radical (unpaired) electrons. The first kappa shape index (κ1) is 23.7. The summed E-state index contributed by atoms with van der Waals surface area (Å²) in [6.07, 6.45) is 0. The van der Waals surface area contributed by atoms with Crippen LogP contribution in [0.4, 0.5) is 5.69 Å². The Kier molecular flexibility index (Phi) is 6.08. The smallest absolute Gasteiger partial charge is 0.123 e. The van der Waals surface area contributed by atoms with Gasteiger partial charge < -0.3 is 15.9 Å². The molecular weight excluding hydrogens is 394 g/mol. The fraction of sp³-hybridized carbons (Fsp3) is 0.379. The molecule has 3 nitrogen and oxygen atoms in total. The van der Waals surface area contributed by atoms with E-state index in [1.807, 2.05) is 62.4 Å². The van der Waals surface area contributed by atoms with Crippen LogP contribution in [0.1, 0.15) is 86.4 Å². The van der Waals surface area contributed by atoms with Gasteiger partial charge in [0.1, 0.15) is 11.5 Å². The number of phenols is 2. The lowest BCUT2D eigenvalue weighted by molar-refractivity contribution is 0.431. The molecule has 3 aromatic rings. The van der Waals surface area contributed by atoms with Crippen molar-refractivity contribution < 1.29 is 10.2 Å². The van der Waals surface area contributed by atoms with Gasteiger partial charge in [-0.15, -0.1) is 0 Å². The molecule has 0 fully saturated rings. The van der Waals surface area contributed by atoms with Gasteiger partial charge >= 0.3 is 0 Å². The molecule has 32 heavy (non-hydrogen) atoms. The van der Waals surface area contributed by atoms with Crippen LogP contribution in [0.15, 0.2) is 48.5 Å². The van der Waals surface area contributed by atoms with Crippen LogP contribution >= 0.6 is 0 Å². The van der Waals surface area contributed by atoms with E-state index in [4.69, 9.17) is 5.73 Å². The molecule has 0 amide bonds. The molecule has 0 aliphatic heterocycles. The van der Waals surface area contributed by atoms with Crippen LogP contribution in [-0.4, -0.2) is 10.2 Å². The van der Waals surface area contributed by atoms with Crippen LogP contribution in [-0.2, 0) is 10.8 Å². The summed E-state index contributed by atoms with van der Waals surface area (Å²) in [5.74, 6) is 0.183. The minimum atomic E-state index is -0.361. The molecule has 0 saturated carbocycles. The number of benzene rings is 3. The minimum Gasteiger partial charge on any atom is -0.507 e. The maximum absolute atomic E-state index is 11.5. The first-order chi connectivity index (χ1) is 14.7. The van der Waals surface area contributed by atoms with Gasteiger partial charge in [-0.05, 0) is 53.5 Å². The first-order valence-electron chi connectivity index (χ1n) is 11.2. The average molecular weight is 432 g/mol. The molecule has 4 N–H and O–H groups in total. The molecule has 3 heteroatoms. The van der Waals surface area contributed by atoms with Crippen LogP contribution in [0.3, 0.4) is 0 Å². The standard InChI is InChI=1S/C29H37NO2/c1-17-12-21(26(31)23(14-17)28(3,4)5)25(19-10-9-11-20(30)16-19)22-13-18(2)15-24(27(22)32)29(6,7)8/h9-16,25,31-32H,30H2,1-8H3. The fourth-order valence-electron chi connectivity index (χ4n) is 4.46. The van der Waals surface area contributed by atoms with Crippen molar-refractivity contribution in [3.8, 4) is 11.5 Å². The second-order valence-corrected chi connectivity index (χ2v) is 11.1. The summed E-state index contributed by atoms with van der Waals surface area (Å²) < 4.78 is 0. The molecule has 0 heterocycles. The summed E-state index contributed by atoms with van der Waals surface area (Å²) in [6, 6.07) is 15.9. The number of anilines is 1. The number of hydrogen-bond acceptors (Lipinski definition) is 3. The number of hydrogen-bond donors (Lipinski definition) is 3. The van der Waals surface area contributed by atoms with Crippen LogP contribution in [0.5, 0.6) is 11.5 Å². The highest BCUT2D eigenvalue weighted by atomic mass is 16.3. The summed E-state index contributed by atoms with van der Waals surface area (Å²) in [4.78, 5) is 0. The van der Waals surface area contributed by atoms with Crippen molar-refractivity contribution in [1.82, 2.24) is 0 Å². The third-order valence-electron chi connectivity index (χ3n) is 6.05. The summed E-state index contributed by atoms with van der Waals surface area (Å²) in [6.45, 7) is 16.7. The van der Waals surface area contributed by atoms with Crippen molar-refractivity contribution in [2.75, 3.05) is 5.73 Å². The van der Waals surface area contributed by atoms with Gasteiger partial charge in [0.05, 0.1) is 0 Å². The van der Waals surface area contributed by atoms with Gasteiger partial charge in [0.15, 0.2) is 0 Å². The van der Waals surface area contributed by atoms with E-state index in [-0.39, 0.29) is 28.2 Å². The highest BCUT2D eigenvalue weighted by Crippen LogP contribution is 2.47. The predicted molar refractivity (Wildman–Crippen MR) is 135 cm³/mol. The van der Waals surface area contributed by atoms with E-state index in [9.17, 15) is 10.2 Å². The van der Waals surface area contributed by atoms with E-state index in [1.165, 1.54) is 0 Å². The van der Waals surface area contributed by atoms with Gasteiger partial charge in [0.25, 0.3) is 0 Å². The van der Waals surface area contributed by atoms with Crippen molar-refractivity contribution in [2.45, 2.75) is 72.1 Å². The van der Waals surface area contributed by atoms with Gasteiger partial charge in [-0.25, -0.2) is 0 Å². The van der Waals surface area contributed by atoms with Gasteiger partial charge in [0, 0.05) is 22.7 Å². The summed E-state index contributed by atoms with van der Waals surface area (Å²) in [7, 11) is 0. The number of phenolic OH excluding ortho intramolecular Hbond substituents is 2. The second kappa shape index (κ2) is 8.20. The zero-order chi connectivity index (χ0) is 24.0. The third-order valence-corrected chi connectivity index (χ3v) is 6.05. The maximum atomic E-state index is 11.5. The van der Waals surface area contributed by atoms with Crippen LogP contribution in [0.2, 0.25) is 0 Å². The number of nitrogen functional groups attached to an aromatic ring is 1. The lowest BCUT2D eigenvalue weighted by Crippen LogP contribution is -2.16. The van der Waals surface area contributed by atoms with Crippen LogP contribution < -0.4 is 5.73 Å². The van der Waals surface area contributed by atoms with Crippen molar-refractivity contribution in [1.29, 1.82) is 0 Å². The SMILES string of the molecule is Cc1cc(C(c2cccc(N)c2)c2cc(C)cc(C(C)(C)C)c2O)c(O)c(C(C)(C)C)c1. The lowest BCUT2D eigenvalue weighted by atomic mass is 9.76. The molecule has 3 aromatic carbocycles. The first-order valence-corrected chi connectivity index (χ1v) is 11.2. The fourth-order valence-corrected chi connectivity index (χ4v) is 4.46. The van der Waals surface area contributed by atoms with Crippen molar-refractivity contribution in [3.05, 3.63) is 87.5 Å². The number of aryl methyl sites for hydroxylation is 2. The Bertz CT molecular complexity index is 1080. The van der Waals surface area contributed by atoms with Gasteiger partial charge in [0.2, 0.25) is 0 Å². The zero-order valence-corrected chi connectivity index (χ0v) is 20.7. The predicted octanol–water partition coefficient (Wildman–Crippen LogP) is 7.07. The second-order valence-electron chi connectivity index (χ2n) is 11.1. The highest BCUT2D eigenvalue weighted by molar-refractivity contribution is 5.61. The monoisotopic (exact) mass is 431 g/mol. The molecule has 0 unspecified atom stereocenters. The molecule has 3 rings (SSSR count). The highest BCUT2D eigenvalue weighted by Gasteiger charge is 2.30. The number of aromatic hydroxyl groups is 2. The molecular formula is C29H37NO2. The summed E-state index contributed by atoms with van der Waals surface area (Å²) in [5.41, 5.74) is 12.8. The Balaban J connectivity index is 2.43. The van der Waals surface area contributed by atoms with Crippen LogP contribution in [0.25, 0.3) is 0 Å². The average Bonchev–Trinajstić information content (AvgIpc) is 2.65. The van der Waals surface area contributed by atoms with E-state index in [1.54, 1.807) is 0 Å². The molecule has 0 aliphatic rings. The minimum absolute atomic E-state index is 0.226. The van der Waals surface area contributed by atoms with Gasteiger partial charge in [-0.3, -0.25) is 0 Å². The normalized spacial score (nSPS) is 12.4. The van der Waals surface area contributed by atoms with E-state index >= 15 is 0 Å². The Labute approximate surface area is 192 Å². The molecule has 170 valence electrons. The van der Waals surface area contributed by atoms with E-state index in [2.05, 4.69) is 41.5 Å². The topological polar surface area (TPSA) is 66.5 Å². The summed E-state index contributed by atoms with van der Waals surface area (Å²) >= 11 is 0. The van der Waals surface area contributed by atoms with E-state index in [0.29, 0.717) is 5.69 Å². The number of nitrogens with two attached hydrogens (primary N) is 1. The molecule has 0 spiro atoms. The Morgan fingerprint density at radius 3 is 1.50 bits per heavy atom. The largest absolute Gasteiger partial charge is 0.507 e. The van der Waals surface area contributed by atoms with Crippen molar-refractivity contribution >= 4 is 5.69 Å². The van der Waals surface area contributed by atoms with Crippen molar-refractivity contribution in [3.63, 3.8) is 0 Å². The Hall–Kier alpha value is -2.94. The van der Waals surface area contributed by atoms with Crippen LogP contribution in [0, 0.1) is 13.8 Å². The van der Waals surface area contributed by atoms with Gasteiger partial charge in [-0.2, -0.15) is 0 Å². The van der Waals surface area contributed by atoms with E-state index < -0.39 is 0 Å². The van der Waals surface area contributed by atoms with E-state index in [0.717, 1.165) is 38.9 Å². The molecule has 0 atom stereocenters. The lowest BCUT2D eigenvalue weighted by Gasteiger charge is -2.29. The molecule has 0 bridgehead atoms.